The smallest absolute Gasteiger partial charge is 0.0412 e. The standard InChI is InChI=1S/C6H10N2/c1-2-8-4-3-6(7)5-8/h1,6H,3-5,7H2/t6-/m0/s1. The summed E-state index contributed by atoms with van der Waals surface area (Å²) in [5.41, 5.74) is 5.56. The zero-order valence-corrected chi connectivity index (χ0v) is 4.80. The second-order valence-corrected chi connectivity index (χ2v) is 2.12. The fraction of sp³-hybridized carbons (Fsp3) is 0.667. The first-order chi connectivity index (χ1) is 3.83. The highest BCUT2D eigenvalue weighted by Gasteiger charge is 2.15. The lowest BCUT2D eigenvalue weighted by atomic mass is 10.3. The van der Waals surface area contributed by atoms with E-state index < -0.39 is 0 Å². The molecule has 0 aliphatic carbocycles. The van der Waals surface area contributed by atoms with Crippen molar-refractivity contribution in [1.82, 2.24) is 4.90 Å². The van der Waals surface area contributed by atoms with E-state index in [0.29, 0.717) is 6.04 Å². The molecule has 1 aliphatic heterocycles. The zero-order valence-electron chi connectivity index (χ0n) is 4.80. The van der Waals surface area contributed by atoms with Gasteiger partial charge >= 0.3 is 0 Å². The third-order valence-corrected chi connectivity index (χ3v) is 1.41. The summed E-state index contributed by atoms with van der Waals surface area (Å²) in [6.45, 7) is 1.84. The normalized spacial score (nSPS) is 28.0. The van der Waals surface area contributed by atoms with Crippen LogP contribution in [0.2, 0.25) is 0 Å². The highest BCUT2D eigenvalue weighted by Crippen LogP contribution is 2.03. The van der Waals surface area contributed by atoms with Crippen LogP contribution in [0.1, 0.15) is 6.42 Å². The van der Waals surface area contributed by atoms with Gasteiger partial charge in [-0.1, -0.05) is 6.42 Å². The number of terminal acetylenes is 1. The molecule has 2 nitrogen and oxygen atoms in total. The van der Waals surface area contributed by atoms with Gasteiger partial charge in [-0.2, -0.15) is 0 Å². The van der Waals surface area contributed by atoms with E-state index in [1.54, 1.807) is 0 Å². The average Bonchev–Trinajstić information content (AvgIpc) is 2.14. The molecule has 0 aromatic rings. The van der Waals surface area contributed by atoms with Gasteiger partial charge < -0.3 is 10.6 Å². The predicted molar refractivity (Wildman–Crippen MR) is 33.0 cm³/mol. The van der Waals surface area contributed by atoms with E-state index in [1.165, 1.54) is 0 Å². The van der Waals surface area contributed by atoms with Gasteiger partial charge in [0.15, 0.2) is 0 Å². The molecule has 8 heavy (non-hydrogen) atoms. The maximum absolute atomic E-state index is 5.56. The van der Waals surface area contributed by atoms with Gasteiger partial charge in [-0.05, 0) is 6.42 Å². The SMILES string of the molecule is C#CN1CC[C@H](N)C1. The maximum Gasteiger partial charge on any atom is 0.0412 e. The van der Waals surface area contributed by atoms with Crippen molar-refractivity contribution < 1.29 is 0 Å². The fourth-order valence-electron chi connectivity index (χ4n) is 0.905. The van der Waals surface area contributed by atoms with E-state index in [9.17, 15) is 0 Å². The van der Waals surface area contributed by atoms with E-state index in [0.717, 1.165) is 19.5 Å². The van der Waals surface area contributed by atoms with Gasteiger partial charge in [0.25, 0.3) is 0 Å². The molecule has 44 valence electrons. The lowest BCUT2D eigenvalue weighted by molar-refractivity contribution is 0.488. The van der Waals surface area contributed by atoms with Crippen molar-refractivity contribution in [3.63, 3.8) is 0 Å². The molecule has 0 amide bonds. The lowest BCUT2D eigenvalue weighted by Crippen LogP contribution is -2.23. The van der Waals surface area contributed by atoms with Gasteiger partial charge in [0.1, 0.15) is 0 Å². The number of nitrogens with two attached hydrogens (primary N) is 1. The lowest BCUT2D eigenvalue weighted by Gasteiger charge is -2.05. The summed E-state index contributed by atoms with van der Waals surface area (Å²) in [5, 5.41) is 0. The molecule has 0 aromatic carbocycles. The molecule has 1 rings (SSSR count). The predicted octanol–water partition coefficient (Wildman–Crippen LogP) is -0.390. The molecule has 2 N–H and O–H groups in total. The van der Waals surface area contributed by atoms with Crippen molar-refractivity contribution >= 4 is 0 Å². The molecule has 0 unspecified atom stereocenters. The Labute approximate surface area is 49.7 Å². The van der Waals surface area contributed by atoms with E-state index in [1.807, 2.05) is 4.90 Å². The summed E-state index contributed by atoms with van der Waals surface area (Å²) >= 11 is 0. The van der Waals surface area contributed by atoms with Crippen LogP contribution in [-0.2, 0) is 0 Å². The Morgan fingerprint density at radius 3 is 2.75 bits per heavy atom. The van der Waals surface area contributed by atoms with Gasteiger partial charge in [-0.3, -0.25) is 0 Å². The monoisotopic (exact) mass is 110 g/mol. The Morgan fingerprint density at radius 2 is 2.50 bits per heavy atom. The molecule has 2 heteroatoms. The van der Waals surface area contributed by atoms with Crippen LogP contribution in [0.25, 0.3) is 0 Å². The highest BCUT2D eigenvalue weighted by atomic mass is 15.1. The third-order valence-electron chi connectivity index (χ3n) is 1.41. The summed E-state index contributed by atoms with van der Waals surface area (Å²) in [7, 11) is 0. The van der Waals surface area contributed by atoms with Gasteiger partial charge in [0.05, 0.1) is 0 Å². The zero-order chi connectivity index (χ0) is 5.98. The van der Waals surface area contributed by atoms with Crippen LogP contribution in [0.4, 0.5) is 0 Å². The quantitative estimate of drug-likeness (QED) is 0.430. The van der Waals surface area contributed by atoms with Crippen LogP contribution >= 0.6 is 0 Å². The number of hydrogen-bond acceptors (Lipinski definition) is 2. The molecular formula is C6H10N2. The number of likely N-dealkylation sites (tertiary alicyclic amines) is 1. The fourth-order valence-corrected chi connectivity index (χ4v) is 0.905. The largest absolute Gasteiger partial charge is 0.331 e. The Morgan fingerprint density at radius 1 is 1.75 bits per heavy atom. The van der Waals surface area contributed by atoms with Crippen LogP contribution < -0.4 is 5.73 Å². The summed E-state index contributed by atoms with van der Waals surface area (Å²) in [4.78, 5) is 1.91. The highest BCUT2D eigenvalue weighted by molar-refractivity contribution is 4.91. The second-order valence-electron chi connectivity index (χ2n) is 2.12. The van der Waals surface area contributed by atoms with Crippen molar-refractivity contribution in [2.45, 2.75) is 12.5 Å². The van der Waals surface area contributed by atoms with Gasteiger partial charge in [-0.15, -0.1) is 0 Å². The average molecular weight is 110 g/mol. The third kappa shape index (κ3) is 0.932. The number of hydrogen-bond donors (Lipinski definition) is 1. The molecule has 1 heterocycles. The Kier molecular flexibility index (Phi) is 1.40. The van der Waals surface area contributed by atoms with Crippen LogP contribution in [0.5, 0.6) is 0 Å². The molecule has 0 spiro atoms. The van der Waals surface area contributed by atoms with E-state index in [4.69, 9.17) is 12.2 Å². The van der Waals surface area contributed by atoms with E-state index >= 15 is 0 Å². The van der Waals surface area contributed by atoms with E-state index in [2.05, 4.69) is 6.04 Å². The number of rotatable bonds is 0. The maximum atomic E-state index is 5.56. The summed E-state index contributed by atoms with van der Waals surface area (Å²) < 4.78 is 0. The van der Waals surface area contributed by atoms with E-state index in [-0.39, 0.29) is 0 Å². The summed E-state index contributed by atoms with van der Waals surface area (Å²) in [6, 6.07) is 2.86. The van der Waals surface area contributed by atoms with Gasteiger partial charge in [0.2, 0.25) is 0 Å². The van der Waals surface area contributed by atoms with Crippen LogP contribution in [0.3, 0.4) is 0 Å². The van der Waals surface area contributed by atoms with Crippen LogP contribution in [0.15, 0.2) is 0 Å². The molecule has 0 radical (unpaired) electrons. The van der Waals surface area contributed by atoms with Crippen LogP contribution in [0, 0.1) is 12.5 Å². The summed E-state index contributed by atoms with van der Waals surface area (Å²) in [5.74, 6) is 0. The first-order valence-corrected chi connectivity index (χ1v) is 2.79. The Hall–Kier alpha value is -0.680. The van der Waals surface area contributed by atoms with Crippen molar-refractivity contribution in [3.8, 4) is 12.5 Å². The molecule has 0 saturated carbocycles. The van der Waals surface area contributed by atoms with Crippen molar-refractivity contribution in [2.24, 2.45) is 5.73 Å². The van der Waals surface area contributed by atoms with Crippen molar-refractivity contribution in [3.05, 3.63) is 0 Å². The van der Waals surface area contributed by atoms with Crippen molar-refractivity contribution in [2.75, 3.05) is 13.1 Å². The first-order valence-electron chi connectivity index (χ1n) is 2.79. The summed E-state index contributed by atoms with van der Waals surface area (Å²) in [6.07, 6.45) is 6.16. The molecule has 1 saturated heterocycles. The second kappa shape index (κ2) is 2.06. The van der Waals surface area contributed by atoms with Gasteiger partial charge in [0, 0.05) is 25.2 Å². The first kappa shape index (κ1) is 5.46. The molecule has 1 atom stereocenters. The topological polar surface area (TPSA) is 29.3 Å². The Bertz CT molecular complexity index is 114. The Balaban J connectivity index is 2.35. The van der Waals surface area contributed by atoms with Crippen molar-refractivity contribution in [1.29, 1.82) is 0 Å². The molecule has 1 aliphatic rings. The number of nitrogens with zero attached hydrogens (tertiary/aromatic N) is 1. The molecule has 0 aromatic heterocycles. The minimum absolute atomic E-state index is 0.311. The minimum Gasteiger partial charge on any atom is -0.331 e. The molecule has 0 bridgehead atoms. The van der Waals surface area contributed by atoms with Gasteiger partial charge in [-0.25, -0.2) is 0 Å². The van der Waals surface area contributed by atoms with Crippen LogP contribution in [-0.4, -0.2) is 24.0 Å². The molecular weight excluding hydrogens is 100 g/mol. The minimum atomic E-state index is 0.311. The molecule has 1 fully saturated rings.